The van der Waals surface area contributed by atoms with Gasteiger partial charge in [0.15, 0.2) is 11.5 Å². The van der Waals surface area contributed by atoms with E-state index in [0.717, 1.165) is 5.56 Å². The second kappa shape index (κ2) is 19.0. The van der Waals surface area contributed by atoms with Crippen LogP contribution in [0.4, 0.5) is 0 Å². The number of benzene rings is 2. The van der Waals surface area contributed by atoms with Crippen molar-refractivity contribution in [3.8, 4) is 17.2 Å². The highest BCUT2D eigenvalue weighted by atomic mass is 16.6. The lowest BCUT2D eigenvalue weighted by Crippen LogP contribution is -2.13. The summed E-state index contributed by atoms with van der Waals surface area (Å²) in [5.74, 6) is 1.64. The van der Waals surface area contributed by atoms with Gasteiger partial charge in [0.05, 0.1) is 66.1 Å². The van der Waals surface area contributed by atoms with E-state index in [0.29, 0.717) is 89.9 Å². The van der Waals surface area contributed by atoms with Crippen molar-refractivity contribution in [3.05, 3.63) is 54.1 Å². The van der Waals surface area contributed by atoms with E-state index in [1.165, 1.54) is 0 Å². The van der Waals surface area contributed by atoms with Crippen molar-refractivity contribution in [1.29, 1.82) is 0 Å². The third-order valence-electron chi connectivity index (χ3n) is 4.35. The summed E-state index contributed by atoms with van der Waals surface area (Å²) in [6.45, 7) is 4.11. The van der Waals surface area contributed by atoms with Crippen molar-refractivity contribution in [2.24, 2.45) is 0 Å². The van der Waals surface area contributed by atoms with Crippen LogP contribution in [0.2, 0.25) is 0 Å². The van der Waals surface area contributed by atoms with Gasteiger partial charge in [0.1, 0.15) is 19.8 Å². The highest BCUT2D eigenvalue weighted by Crippen LogP contribution is 2.37. The Labute approximate surface area is 201 Å². The molecule has 0 aromatic heterocycles. The van der Waals surface area contributed by atoms with Crippen LogP contribution in [0.3, 0.4) is 0 Å². The molecule has 0 atom stereocenters. The maximum absolute atomic E-state index is 8.69. The number of aliphatic hydroxyl groups excluding tert-OH is 2. The summed E-state index contributed by atoms with van der Waals surface area (Å²) < 4.78 is 39.2. The molecule has 0 bridgehead atoms. The van der Waals surface area contributed by atoms with Gasteiger partial charge in [-0.05, 0) is 17.7 Å². The van der Waals surface area contributed by atoms with Gasteiger partial charge in [-0.2, -0.15) is 0 Å². The average molecular weight is 481 g/mol. The zero-order chi connectivity index (χ0) is 24.1. The summed E-state index contributed by atoms with van der Waals surface area (Å²) in [6.07, 6.45) is 0. The molecule has 0 aliphatic rings. The molecule has 0 radical (unpaired) electrons. The lowest BCUT2D eigenvalue weighted by Gasteiger charge is -2.17. The molecule has 0 heterocycles. The molecule has 0 saturated carbocycles. The monoisotopic (exact) mass is 480 g/mol. The number of aliphatic hydroxyl groups is 2. The van der Waals surface area contributed by atoms with Crippen LogP contribution in [0.15, 0.2) is 48.5 Å². The fraction of sp³-hybridized carbons (Fsp3) is 0.520. The van der Waals surface area contributed by atoms with Gasteiger partial charge in [-0.15, -0.1) is 0 Å². The maximum atomic E-state index is 8.69. The quantitative estimate of drug-likeness (QED) is 0.260. The number of hydrogen-bond donors (Lipinski definition) is 2. The van der Waals surface area contributed by atoms with Gasteiger partial charge in [-0.3, -0.25) is 0 Å². The van der Waals surface area contributed by atoms with E-state index in [9.17, 15) is 0 Å². The van der Waals surface area contributed by atoms with Gasteiger partial charge in [-0.25, -0.2) is 0 Å². The second-order valence-corrected chi connectivity index (χ2v) is 6.95. The van der Waals surface area contributed by atoms with E-state index < -0.39 is 0 Å². The Morgan fingerprint density at radius 1 is 0.471 bits per heavy atom. The standard InChI is InChI=1S/C25H36O9/c26-9-11-28-13-15-30-17-19-32-23-7-4-8-24(33-20-18-31-16-14-29-12-10-27)25(23)34-21-22-5-2-1-3-6-22/h1-8,26-27H,9-21H2. The van der Waals surface area contributed by atoms with Crippen molar-refractivity contribution < 1.29 is 43.4 Å². The number of hydrogen-bond acceptors (Lipinski definition) is 9. The van der Waals surface area contributed by atoms with Crippen LogP contribution in [-0.2, 0) is 25.6 Å². The molecule has 34 heavy (non-hydrogen) atoms. The lowest BCUT2D eigenvalue weighted by atomic mass is 10.2. The average Bonchev–Trinajstić information content (AvgIpc) is 2.87. The third kappa shape index (κ3) is 12.2. The van der Waals surface area contributed by atoms with E-state index in [2.05, 4.69) is 0 Å². The summed E-state index contributed by atoms with van der Waals surface area (Å²) >= 11 is 0. The van der Waals surface area contributed by atoms with E-state index in [1.807, 2.05) is 48.5 Å². The molecular formula is C25H36O9. The molecule has 2 rings (SSSR count). The van der Waals surface area contributed by atoms with Gasteiger partial charge in [0.2, 0.25) is 5.75 Å². The Kier molecular flexibility index (Phi) is 15.5. The molecule has 190 valence electrons. The van der Waals surface area contributed by atoms with Crippen molar-refractivity contribution in [2.75, 3.05) is 79.3 Å². The van der Waals surface area contributed by atoms with Crippen LogP contribution in [0.1, 0.15) is 5.56 Å². The van der Waals surface area contributed by atoms with Crippen LogP contribution in [0.5, 0.6) is 17.2 Å². The molecule has 9 heteroatoms. The van der Waals surface area contributed by atoms with E-state index in [1.54, 1.807) is 0 Å². The van der Waals surface area contributed by atoms with Gasteiger partial charge in [0.25, 0.3) is 0 Å². The lowest BCUT2D eigenvalue weighted by molar-refractivity contribution is 0.0235. The summed E-state index contributed by atoms with van der Waals surface area (Å²) in [5, 5.41) is 17.4. The first kappa shape index (κ1) is 27.8. The number of ether oxygens (including phenoxy) is 7. The smallest absolute Gasteiger partial charge is 0.203 e. The number of para-hydroxylation sites is 1. The van der Waals surface area contributed by atoms with Gasteiger partial charge in [-0.1, -0.05) is 36.4 Å². The van der Waals surface area contributed by atoms with Crippen LogP contribution in [0, 0.1) is 0 Å². The Balaban J connectivity index is 1.85. The molecule has 0 amide bonds. The van der Waals surface area contributed by atoms with Crippen molar-refractivity contribution in [2.45, 2.75) is 6.61 Å². The highest BCUT2D eigenvalue weighted by molar-refractivity contribution is 5.51. The predicted octanol–water partition coefficient (Wildman–Crippen LogP) is 2.07. The molecule has 0 spiro atoms. The van der Waals surface area contributed by atoms with Crippen LogP contribution in [-0.4, -0.2) is 89.5 Å². The minimum atomic E-state index is -0.00154. The Morgan fingerprint density at radius 3 is 1.44 bits per heavy atom. The first-order chi connectivity index (χ1) is 16.8. The molecule has 2 aromatic carbocycles. The molecule has 2 N–H and O–H groups in total. The fourth-order valence-corrected chi connectivity index (χ4v) is 2.79. The first-order valence-corrected chi connectivity index (χ1v) is 11.4. The minimum Gasteiger partial charge on any atom is -0.487 e. The Hall–Kier alpha value is -2.40. The van der Waals surface area contributed by atoms with Crippen LogP contribution >= 0.6 is 0 Å². The van der Waals surface area contributed by atoms with E-state index >= 15 is 0 Å². The molecule has 0 aliphatic heterocycles. The zero-order valence-electron chi connectivity index (χ0n) is 19.6. The Morgan fingerprint density at radius 2 is 0.941 bits per heavy atom. The molecule has 0 saturated heterocycles. The van der Waals surface area contributed by atoms with Gasteiger partial charge < -0.3 is 43.4 Å². The third-order valence-corrected chi connectivity index (χ3v) is 4.35. The maximum Gasteiger partial charge on any atom is 0.203 e. The summed E-state index contributed by atoms with van der Waals surface area (Å²) in [7, 11) is 0. The van der Waals surface area contributed by atoms with E-state index in [4.69, 9.17) is 43.4 Å². The normalized spacial score (nSPS) is 10.9. The van der Waals surface area contributed by atoms with Crippen LogP contribution < -0.4 is 14.2 Å². The highest BCUT2D eigenvalue weighted by Gasteiger charge is 2.13. The summed E-state index contributed by atoms with van der Waals surface area (Å²) in [5.41, 5.74) is 1.03. The molecule has 9 nitrogen and oxygen atoms in total. The summed E-state index contributed by atoms with van der Waals surface area (Å²) in [4.78, 5) is 0. The molecule has 0 fully saturated rings. The van der Waals surface area contributed by atoms with Crippen molar-refractivity contribution in [3.63, 3.8) is 0 Å². The molecule has 0 unspecified atom stereocenters. The topological polar surface area (TPSA) is 105 Å². The largest absolute Gasteiger partial charge is 0.487 e. The van der Waals surface area contributed by atoms with Crippen LogP contribution in [0.25, 0.3) is 0 Å². The number of rotatable bonds is 21. The predicted molar refractivity (Wildman–Crippen MR) is 126 cm³/mol. The SMILES string of the molecule is OCCOCCOCCOc1cccc(OCCOCCOCCO)c1OCc1ccccc1. The molecule has 2 aromatic rings. The zero-order valence-corrected chi connectivity index (χ0v) is 19.6. The van der Waals surface area contributed by atoms with Crippen molar-refractivity contribution in [1.82, 2.24) is 0 Å². The first-order valence-electron chi connectivity index (χ1n) is 11.4. The van der Waals surface area contributed by atoms with Crippen molar-refractivity contribution >= 4 is 0 Å². The molecular weight excluding hydrogens is 444 g/mol. The molecule has 0 aliphatic carbocycles. The fourth-order valence-electron chi connectivity index (χ4n) is 2.79. The Bertz CT molecular complexity index is 704. The second-order valence-electron chi connectivity index (χ2n) is 6.95. The van der Waals surface area contributed by atoms with E-state index in [-0.39, 0.29) is 13.2 Å². The van der Waals surface area contributed by atoms with Gasteiger partial charge >= 0.3 is 0 Å². The minimum absolute atomic E-state index is 0.00154. The summed E-state index contributed by atoms with van der Waals surface area (Å²) in [6, 6.07) is 15.3. The van der Waals surface area contributed by atoms with Gasteiger partial charge in [0, 0.05) is 0 Å².